The summed E-state index contributed by atoms with van der Waals surface area (Å²) in [6, 6.07) is 4.12. The van der Waals surface area contributed by atoms with Crippen LogP contribution in [0.4, 0.5) is 0 Å². The zero-order chi connectivity index (χ0) is 8.32. The smallest absolute Gasteiger partial charge is 0.146 e. The van der Waals surface area contributed by atoms with Crippen molar-refractivity contribution in [3.05, 3.63) is 0 Å². The van der Waals surface area contributed by atoms with Gasteiger partial charge < -0.3 is 0 Å². The van der Waals surface area contributed by atoms with E-state index in [4.69, 9.17) is 22.2 Å². The molecule has 0 spiro atoms. The fourth-order valence-corrected chi connectivity index (χ4v) is 15.5. The van der Waals surface area contributed by atoms with Gasteiger partial charge in [-0.3, -0.25) is 0 Å². The van der Waals surface area contributed by atoms with E-state index in [2.05, 4.69) is 6.92 Å². The summed E-state index contributed by atoms with van der Waals surface area (Å²) in [4.78, 5) is 0. The number of halogens is 2. The van der Waals surface area contributed by atoms with Crippen LogP contribution in [0.25, 0.3) is 0 Å². The minimum absolute atomic E-state index is 0.453. The first-order valence-corrected chi connectivity index (χ1v) is 11.4. The predicted molar refractivity (Wildman–Crippen MR) is 58.7 cm³/mol. The average Bonchev–Trinajstić information content (AvgIpc) is 1.85. The van der Waals surface area contributed by atoms with Crippen molar-refractivity contribution in [2.75, 3.05) is 0 Å². The Balaban J connectivity index is 2.34. The van der Waals surface area contributed by atoms with E-state index in [9.17, 15) is 0 Å². The maximum Gasteiger partial charge on any atom is 0.248 e. The van der Waals surface area contributed by atoms with Crippen LogP contribution in [0.1, 0.15) is 19.8 Å². The highest BCUT2D eigenvalue weighted by Crippen LogP contribution is 2.36. The number of hydrogen-bond acceptors (Lipinski definition) is 0. The van der Waals surface area contributed by atoms with Gasteiger partial charge in [0, 0.05) is 8.80 Å². The van der Waals surface area contributed by atoms with Gasteiger partial charge in [0.05, 0.1) is 0 Å². The van der Waals surface area contributed by atoms with Crippen LogP contribution in [-0.2, 0) is 0 Å². The van der Waals surface area contributed by atoms with Crippen LogP contribution >= 0.6 is 22.2 Å². The minimum atomic E-state index is -1.68. The molecule has 11 heavy (non-hydrogen) atoms. The van der Waals surface area contributed by atoms with Crippen LogP contribution in [-0.4, -0.2) is 15.5 Å². The summed E-state index contributed by atoms with van der Waals surface area (Å²) >= 11 is 12.5. The molecular weight excluding hydrogens is 211 g/mol. The average molecular weight is 227 g/mol. The van der Waals surface area contributed by atoms with Crippen molar-refractivity contribution in [2.24, 2.45) is 0 Å². The second-order valence-electron chi connectivity index (χ2n) is 3.61. The fraction of sp³-hybridized carbons (Fsp3) is 1.00. The molecule has 0 bridgehead atoms. The fourth-order valence-electron chi connectivity index (χ4n) is 1.93. The molecule has 0 radical (unpaired) electrons. The molecule has 1 fully saturated rings. The third kappa shape index (κ3) is 3.49. The Morgan fingerprint density at radius 1 is 1.45 bits per heavy atom. The molecule has 66 valence electrons. The Hall–Kier alpha value is 1.01. The first kappa shape index (κ1) is 10.1. The van der Waals surface area contributed by atoms with Crippen LogP contribution in [0, 0.1) is 0 Å². The molecule has 0 aromatic carbocycles. The zero-order valence-corrected chi connectivity index (χ0v) is 10.7. The van der Waals surface area contributed by atoms with E-state index in [1.54, 1.807) is 0 Å². The summed E-state index contributed by atoms with van der Waals surface area (Å²) in [5.74, 6) is 0. The minimum Gasteiger partial charge on any atom is -0.146 e. The highest BCUT2D eigenvalue weighted by atomic mass is 35.7. The normalized spacial score (nSPS) is 30.3. The van der Waals surface area contributed by atoms with E-state index >= 15 is 0 Å². The highest BCUT2D eigenvalue weighted by molar-refractivity contribution is 7.47. The van der Waals surface area contributed by atoms with Gasteiger partial charge in [-0.05, 0) is 11.7 Å². The summed E-state index contributed by atoms with van der Waals surface area (Å²) in [5, 5.41) is 0. The van der Waals surface area contributed by atoms with E-state index < -0.39 is 15.5 Å². The van der Waals surface area contributed by atoms with Gasteiger partial charge in [0.1, 0.15) is 0 Å². The molecule has 1 unspecified atom stereocenters. The lowest BCUT2D eigenvalue weighted by Crippen LogP contribution is -2.33. The first-order valence-electron chi connectivity index (χ1n) is 4.52. The van der Waals surface area contributed by atoms with E-state index in [-0.39, 0.29) is 0 Å². The van der Waals surface area contributed by atoms with Crippen molar-refractivity contribution in [3.63, 3.8) is 0 Å². The quantitative estimate of drug-likeness (QED) is 0.500. The van der Waals surface area contributed by atoms with Gasteiger partial charge in [0.25, 0.3) is 0 Å². The van der Waals surface area contributed by atoms with Crippen molar-refractivity contribution in [1.29, 1.82) is 0 Å². The largest absolute Gasteiger partial charge is 0.248 e. The molecular formula is C7H16Cl2Si2. The lowest BCUT2D eigenvalue weighted by molar-refractivity contribution is 0.973. The molecule has 0 N–H and O–H groups in total. The Morgan fingerprint density at radius 2 is 2.18 bits per heavy atom. The van der Waals surface area contributed by atoms with Crippen LogP contribution < -0.4 is 0 Å². The number of rotatable bonds is 2. The molecule has 0 aromatic rings. The first-order chi connectivity index (χ1) is 5.14. The third-order valence-electron chi connectivity index (χ3n) is 2.44. The van der Waals surface area contributed by atoms with Gasteiger partial charge in [-0.2, -0.15) is 0 Å². The van der Waals surface area contributed by atoms with Crippen molar-refractivity contribution in [1.82, 2.24) is 0 Å². The van der Waals surface area contributed by atoms with Gasteiger partial charge in [-0.1, -0.05) is 31.9 Å². The molecule has 0 aliphatic carbocycles. The summed E-state index contributed by atoms with van der Waals surface area (Å²) in [5.41, 5.74) is 1.28. The Bertz CT molecular complexity index is 126. The maximum atomic E-state index is 6.24. The van der Waals surface area contributed by atoms with E-state index in [1.165, 1.54) is 30.6 Å². The zero-order valence-electron chi connectivity index (χ0n) is 7.08. The van der Waals surface area contributed by atoms with Crippen molar-refractivity contribution < 1.29 is 0 Å². The summed E-state index contributed by atoms with van der Waals surface area (Å²) in [6.07, 6.45) is 2.67. The topological polar surface area (TPSA) is 0 Å². The molecule has 1 aliphatic heterocycles. The molecule has 0 nitrogen and oxygen atoms in total. The van der Waals surface area contributed by atoms with Crippen molar-refractivity contribution in [2.45, 2.75) is 43.6 Å². The monoisotopic (exact) mass is 226 g/mol. The van der Waals surface area contributed by atoms with Gasteiger partial charge in [0.15, 0.2) is 0 Å². The van der Waals surface area contributed by atoms with Crippen LogP contribution in [0.3, 0.4) is 0 Å². The summed E-state index contributed by atoms with van der Waals surface area (Å²) < 4.78 is 0. The van der Waals surface area contributed by atoms with Gasteiger partial charge in [0.2, 0.25) is 6.69 Å². The summed E-state index contributed by atoms with van der Waals surface area (Å²) in [7, 11) is -0.453. The predicted octanol–water partition coefficient (Wildman–Crippen LogP) is 3.49. The van der Waals surface area contributed by atoms with Gasteiger partial charge in [-0.25, -0.2) is 0 Å². The molecule has 1 aliphatic rings. The van der Waals surface area contributed by atoms with E-state index in [0.29, 0.717) is 0 Å². The SMILES string of the molecule is CCC[SiH]1CCC[Si](Cl)(Cl)C1. The summed E-state index contributed by atoms with van der Waals surface area (Å²) in [6.45, 7) is 0.587. The molecule has 1 saturated heterocycles. The van der Waals surface area contributed by atoms with Crippen LogP contribution in [0.2, 0.25) is 23.8 Å². The standard InChI is InChI=1S/C7H16Cl2Si2/c1-2-4-10-5-3-6-11(8,9)7-10/h10H,2-7H2,1H3. The highest BCUT2D eigenvalue weighted by Gasteiger charge is 2.35. The van der Waals surface area contributed by atoms with Crippen molar-refractivity contribution >= 4 is 37.6 Å². The van der Waals surface area contributed by atoms with Gasteiger partial charge >= 0.3 is 0 Å². The second kappa shape index (κ2) is 4.31. The van der Waals surface area contributed by atoms with E-state index in [0.717, 1.165) is 6.04 Å². The number of hydrogen-bond donors (Lipinski definition) is 0. The molecule has 1 rings (SSSR count). The van der Waals surface area contributed by atoms with Crippen LogP contribution in [0.15, 0.2) is 0 Å². The maximum absolute atomic E-state index is 6.24. The van der Waals surface area contributed by atoms with Crippen molar-refractivity contribution in [3.8, 4) is 0 Å². The van der Waals surface area contributed by atoms with E-state index in [1.807, 2.05) is 0 Å². The molecule has 4 heteroatoms. The second-order valence-corrected chi connectivity index (χ2v) is 15.3. The lowest BCUT2D eigenvalue weighted by Gasteiger charge is -2.28. The Kier molecular flexibility index (Phi) is 3.95. The molecule has 0 aromatic heterocycles. The lowest BCUT2D eigenvalue weighted by atomic mass is 10.6. The Labute approximate surface area is 81.3 Å². The third-order valence-corrected chi connectivity index (χ3v) is 14.8. The molecule has 1 heterocycles. The Morgan fingerprint density at radius 3 is 2.73 bits per heavy atom. The molecule has 0 amide bonds. The van der Waals surface area contributed by atoms with Gasteiger partial charge in [-0.15, -0.1) is 22.2 Å². The molecule has 1 atom stereocenters. The van der Waals surface area contributed by atoms with Crippen LogP contribution in [0.5, 0.6) is 0 Å². The molecule has 0 saturated carbocycles.